The van der Waals surface area contributed by atoms with Crippen LogP contribution in [0.15, 0.2) is 40.9 Å². The van der Waals surface area contributed by atoms with Gasteiger partial charge < -0.3 is 15.8 Å². The Balaban J connectivity index is 2.33. The first-order chi connectivity index (χ1) is 9.52. The zero-order valence-electron chi connectivity index (χ0n) is 10.6. The van der Waals surface area contributed by atoms with Crippen LogP contribution in [0, 0.1) is 5.82 Å². The summed E-state index contributed by atoms with van der Waals surface area (Å²) >= 11 is 3.28. The first kappa shape index (κ1) is 14.3. The third-order valence-electron chi connectivity index (χ3n) is 2.66. The highest BCUT2D eigenvalue weighted by Crippen LogP contribution is 2.27. The van der Waals surface area contributed by atoms with E-state index in [-0.39, 0.29) is 11.3 Å². The molecule has 0 heterocycles. The molecule has 0 saturated carbocycles. The number of methoxy groups -OCH3 is 1. The third-order valence-corrected chi connectivity index (χ3v) is 3.32. The van der Waals surface area contributed by atoms with E-state index < -0.39 is 11.7 Å². The molecule has 2 aromatic carbocycles. The fourth-order valence-corrected chi connectivity index (χ4v) is 2.21. The minimum atomic E-state index is -0.645. The molecule has 1 amide bonds. The molecule has 4 nitrogen and oxygen atoms in total. The summed E-state index contributed by atoms with van der Waals surface area (Å²) in [6.07, 6.45) is 0. The van der Waals surface area contributed by atoms with E-state index >= 15 is 0 Å². The predicted molar refractivity (Wildman–Crippen MR) is 79.5 cm³/mol. The molecule has 0 atom stereocenters. The normalized spacial score (nSPS) is 10.2. The van der Waals surface area contributed by atoms with E-state index in [1.54, 1.807) is 18.2 Å². The molecule has 3 N–H and O–H groups in total. The van der Waals surface area contributed by atoms with Crippen molar-refractivity contribution >= 4 is 33.2 Å². The van der Waals surface area contributed by atoms with Gasteiger partial charge in [0.25, 0.3) is 5.91 Å². The molecule has 104 valence electrons. The minimum absolute atomic E-state index is 0.140. The van der Waals surface area contributed by atoms with Gasteiger partial charge in [-0.05, 0) is 46.3 Å². The lowest BCUT2D eigenvalue weighted by Crippen LogP contribution is -2.15. The van der Waals surface area contributed by atoms with Gasteiger partial charge >= 0.3 is 0 Å². The molecule has 0 fully saturated rings. The van der Waals surface area contributed by atoms with Gasteiger partial charge in [-0.3, -0.25) is 4.79 Å². The molecule has 2 rings (SSSR count). The maximum absolute atomic E-state index is 13.8. The summed E-state index contributed by atoms with van der Waals surface area (Å²) in [4.78, 5) is 12.2. The van der Waals surface area contributed by atoms with Crippen LogP contribution in [0.25, 0.3) is 0 Å². The van der Waals surface area contributed by atoms with Crippen LogP contribution in [0.1, 0.15) is 10.4 Å². The molecule has 0 aliphatic carbocycles. The zero-order chi connectivity index (χ0) is 14.7. The lowest BCUT2D eigenvalue weighted by Gasteiger charge is -2.11. The van der Waals surface area contributed by atoms with E-state index in [1.165, 1.54) is 25.3 Å². The topological polar surface area (TPSA) is 64.3 Å². The number of ether oxygens (including phenoxy) is 1. The Morgan fingerprint density at radius 2 is 2.10 bits per heavy atom. The maximum atomic E-state index is 13.8. The highest BCUT2D eigenvalue weighted by Gasteiger charge is 2.18. The van der Waals surface area contributed by atoms with E-state index in [9.17, 15) is 9.18 Å². The van der Waals surface area contributed by atoms with E-state index in [0.29, 0.717) is 15.8 Å². The van der Waals surface area contributed by atoms with Gasteiger partial charge in [-0.2, -0.15) is 0 Å². The van der Waals surface area contributed by atoms with Gasteiger partial charge in [-0.1, -0.05) is 6.07 Å². The Bertz CT molecular complexity index is 662. The SMILES string of the molecule is COc1cccc(F)c1C(=O)Nc1ccc(N)cc1Br. The van der Waals surface area contributed by atoms with Crippen LogP contribution in [0.2, 0.25) is 0 Å². The van der Waals surface area contributed by atoms with E-state index in [0.717, 1.165) is 0 Å². The van der Waals surface area contributed by atoms with Crippen LogP contribution in [0.5, 0.6) is 5.75 Å². The summed E-state index contributed by atoms with van der Waals surface area (Å²) < 4.78 is 19.4. The van der Waals surface area contributed by atoms with Gasteiger partial charge in [0.15, 0.2) is 0 Å². The summed E-state index contributed by atoms with van der Waals surface area (Å²) in [6, 6.07) is 9.12. The average Bonchev–Trinajstić information content (AvgIpc) is 2.41. The molecule has 0 aliphatic rings. The smallest absolute Gasteiger partial charge is 0.262 e. The largest absolute Gasteiger partial charge is 0.496 e. The van der Waals surface area contributed by atoms with E-state index in [2.05, 4.69) is 21.2 Å². The molecule has 0 unspecified atom stereocenters. The number of hydrogen-bond acceptors (Lipinski definition) is 3. The van der Waals surface area contributed by atoms with Crippen LogP contribution < -0.4 is 15.8 Å². The van der Waals surface area contributed by atoms with Crippen LogP contribution in [-0.4, -0.2) is 13.0 Å². The van der Waals surface area contributed by atoms with E-state index in [4.69, 9.17) is 10.5 Å². The first-order valence-corrected chi connectivity index (χ1v) is 6.51. The number of hydrogen-bond donors (Lipinski definition) is 2. The highest BCUT2D eigenvalue weighted by atomic mass is 79.9. The van der Waals surface area contributed by atoms with Crippen LogP contribution in [0.4, 0.5) is 15.8 Å². The molecule has 0 spiro atoms. The highest BCUT2D eigenvalue weighted by molar-refractivity contribution is 9.10. The first-order valence-electron chi connectivity index (χ1n) is 5.72. The molecule has 0 saturated heterocycles. The number of anilines is 2. The summed E-state index contributed by atoms with van der Waals surface area (Å²) in [5, 5.41) is 2.61. The summed E-state index contributed by atoms with van der Waals surface area (Å²) in [6.45, 7) is 0. The van der Waals surface area contributed by atoms with Crippen molar-refractivity contribution in [3.8, 4) is 5.75 Å². The maximum Gasteiger partial charge on any atom is 0.262 e. The van der Waals surface area contributed by atoms with Gasteiger partial charge in [-0.25, -0.2) is 4.39 Å². The molecular weight excluding hydrogens is 327 g/mol. The fourth-order valence-electron chi connectivity index (χ4n) is 1.71. The van der Waals surface area contributed by atoms with Crippen molar-refractivity contribution in [3.63, 3.8) is 0 Å². The number of halogens is 2. The molecule has 2 aromatic rings. The van der Waals surface area contributed by atoms with E-state index in [1.807, 2.05) is 0 Å². The van der Waals surface area contributed by atoms with Crippen molar-refractivity contribution in [2.75, 3.05) is 18.2 Å². The Morgan fingerprint density at radius 3 is 2.75 bits per heavy atom. The standard InChI is InChI=1S/C14H12BrFN2O2/c1-20-12-4-2-3-10(16)13(12)14(19)18-11-6-5-8(17)7-9(11)15/h2-7H,17H2,1H3,(H,18,19). The fraction of sp³-hybridized carbons (Fsp3) is 0.0714. The zero-order valence-corrected chi connectivity index (χ0v) is 12.2. The number of carbonyl (C=O) groups is 1. The second kappa shape index (κ2) is 5.92. The third kappa shape index (κ3) is 2.91. The van der Waals surface area contributed by atoms with Crippen LogP contribution in [0.3, 0.4) is 0 Å². The molecule has 0 radical (unpaired) electrons. The number of nitrogens with two attached hydrogens (primary N) is 1. The second-order valence-electron chi connectivity index (χ2n) is 4.01. The molecule has 0 bridgehead atoms. The minimum Gasteiger partial charge on any atom is -0.496 e. The molecular formula is C14H12BrFN2O2. The molecule has 20 heavy (non-hydrogen) atoms. The number of carbonyl (C=O) groups excluding carboxylic acids is 1. The molecule has 6 heteroatoms. The van der Waals surface area contributed by atoms with Gasteiger partial charge in [0.1, 0.15) is 17.1 Å². The Morgan fingerprint density at radius 1 is 1.35 bits per heavy atom. The second-order valence-corrected chi connectivity index (χ2v) is 4.86. The quantitative estimate of drug-likeness (QED) is 0.842. The molecule has 0 aliphatic heterocycles. The van der Waals surface area contributed by atoms with Crippen LogP contribution >= 0.6 is 15.9 Å². The Labute approximate surface area is 123 Å². The van der Waals surface area contributed by atoms with Crippen molar-refractivity contribution in [1.82, 2.24) is 0 Å². The summed E-state index contributed by atoms with van der Waals surface area (Å²) in [7, 11) is 1.38. The van der Waals surface area contributed by atoms with Crippen molar-refractivity contribution in [3.05, 3.63) is 52.3 Å². The van der Waals surface area contributed by atoms with Crippen molar-refractivity contribution < 1.29 is 13.9 Å². The van der Waals surface area contributed by atoms with Crippen LogP contribution in [-0.2, 0) is 0 Å². The van der Waals surface area contributed by atoms with Crippen molar-refractivity contribution in [1.29, 1.82) is 0 Å². The van der Waals surface area contributed by atoms with Gasteiger partial charge in [0.2, 0.25) is 0 Å². The predicted octanol–water partition coefficient (Wildman–Crippen LogP) is 3.43. The number of rotatable bonds is 3. The average molecular weight is 339 g/mol. The number of amides is 1. The van der Waals surface area contributed by atoms with Crippen molar-refractivity contribution in [2.24, 2.45) is 0 Å². The lowest BCUT2D eigenvalue weighted by molar-refractivity contribution is 0.102. The summed E-state index contributed by atoms with van der Waals surface area (Å²) in [5.41, 5.74) is 6.53. The van der Waals surface area contributed by atoms with Gasteiger partial charge in [0.05, 0.1) is 12.8 Å². The monoisotopic (exact) mass is 338 g/mol. The molecule has 0 aromatic heterocycles. The van der Waals surface area contributed by atoms with Crippen molar-refractivity contribution in [2.45, 2.75) is 0 Å². The lowest BCUT2D eigenvalue weighted by atomic mass is 10.1. The number of nitrogen functional groups attached to an aromatic ring is 1. The Kier molecular flexibility index (Phi) is 4.24. The Hall–Kier alpha value is -2.08. The van der Waals surface area contributed by atoms with Gasteiger partial charge in [-0.15, -0.1) is 0 Å². The number of benzene rings is 2. The summed E-state index contributed by atoms with van der Waals surface area (Å²) in [5.74, 6) is -1.06. The van der Waals surface area contributed by atoms with Gasteiger partial charge in [0, 0.05) is 10.2 Å². The number of nitrogens with one attached hydrogen (secondary N) is 1.